The summed E-state index contributed by atoms with van der Waals surface area (Å²) in [6.07, 6.45) is 3.71. The van der Waals surface area contributed by atoms with E-state index in [-0.39, 0.29) is 36.0 Å². The van der Waals surface area contributed by atoms with Crippen LogP contribution in [0.3, 0.4) is 0 Å². The highest BCUT2D eigenvalue weighted by molar-refractivity contribution is 8.00. The number of ether oxygens (including phenoxy) is 1. The average molecular weight is 522 g/mol. The second kappa shape index (κ2) is 14.1. The molecule has 1 heterocycles. The number of aromatic nitrogens is 2. The third-order valence-electron chi connectivity index (χ3n) is 5.27. The minimum Gasteiger partial charge on any atom is -0.455 e. The van der Waals surface area contributed by atoms with E-state index in [4.69, 9.17) is 10.5 Å². The number of thioether (sulfide) groups is 1. The molecular weight excluding hydrogens is 490 g/mol. The topological polar surface area (TPSA) is 171 Å². The monoisotopic (exact) mass is 521 g/mol. The number of aromatic amines is 1. The number of H-pyrrole nitrogens is 1. The van der Waals surface area contributed by atoms with Crippen LogP contribution in [-0.4, -0.2) is 45.3 Å². The highest BCUT2D eigenvalue weighted by atomic mass is 32.2. The average Bonchev–Trinajstić information content (AvgIpc) is 2.85. The smallest absolute Gasteiger partial charge is 0.330 e. The number of unbranched alkanes of at least 4 members (excludes halogenated alkanes) is 3. The van der Waals surface area contributed by atoms with Gasteiger partial charge in [0.1, 0.15) is 5.82 Å². The van der Waals surface area contributed by atoms with E-state index in [1.54, 1.807) is 0 Å². The van der Waals surface area contributed by atoms with Crippen LogP contribution in [0.25, 0.3) is 0 Å². The van der Waals surface area contributed by atoms with Gasteiger partial charge in [-0.1, -0.05) is 33.1 Å². The summed E-state index contributed by atoms with van der Waals surface area (Å²) in [5.41, 5.74) is 4.53. The number of nitrogens with two attached hydrogens (primary N) is 1. The lowest BCUT2D eigenvalue weighted by Crippen LogP contribution is -2.43. The number of nitro benzene ring substituents is 1. The van der Waals surface area contributed by atoms with Crippen LogP contribution < -0.4 is 21.9 Å². The largest absolute Gasteiger partial charge is 0.455 e. The molecule has 0 aliphatic heterocycles. The van der Waals surface area contributed by atoms with Crippen LogP contribution in [0.4, 0.5) is 17.2 Å². The van der Waals surface area contributed by atoms with Crippen LogP contribution in [0.5, 0.6) is 0 Å². The number of nitro groups is 1. The Hall–Kier alpha value is -3.61. The second-order valence-corrected chi connectivity index (χ2v) is 9.00. The molecule has 2 aromatic rings. The first-order chi connectivity index (χ1) is 17.2. The molecule has 36 heavy (non-hydrogen) atoms. The van der Waals surface area contributed by atoms with E-state index in [2.05, 4.69) is 4.98 Å². The Bertz CT molecular complexity index is 1180. The summed E-state index contributed by atoms with van der Waals surface area (Å²) in [7, 11) is 0. The summed E-state index contributed by atoms with van der Waals surface area (Å²) in [4.78, 5) is 64.3. The minimum absolute atomic E-state index is 0.0639. The maximum Gasteiger partial charge on any atom is 0.330 e. The zero-order chi connectivity index (χ0) is 26.7. The van der Waals surface area contributed by atoms with Gasteiger partial charge in [-0.3, -0.25) is 34.0 Å². The van der Waals surface area contributed by atoms with E-state index < -0.39 is 34.7 Å². The molecule has 0 saturated heterocycles. The Labute approximate surface area is 212 Å². The van der Waals surface area contributed by atoms with Crippen LogP contribution in [-0.2, 0) is 20.9 Å². The molecule has 0 fully saturated rings. The van der Waals surface area contributed by atoms with Gasteiger partial charge in [0, 0.05) is 30.1 Å². The van der Waals surface area contributed by atoms with Crippen LogP contribution >= 0.6 is 11.8 Å². The van der Waals surface area contributed by atoms with Gasteiger partial charge in [0.15, 0.2) is 12.3 Å². The molecule has 13 heteroatoms. The SMILES string of the molecule is CCCCCN(C(=O)COC(=O)CSc1ccc([N+](=O)[O-])cc1)c1c(N)n(CCCC)c(=O)[nH]c1=O. The van der Waals surface area contributed by atoms with E-state index in [9.17, 15) is 29.3 Å². The van der Waals surface area contributed by atoms with Crippen molar-refractivity contribution >= 4 is 40.8 Å². The quantitative estimate of drug-likeness (QED) is 0.125. The van der Waals surface area contributed by atoms with Crippen LogP contribution in [0.2, 0.25) is 0 Å². The number of nitrogens with zero attached hydrogens (tertiary/aromatic N) is 3. The van der Waals surface area contributed by atoms with Gasteiger partial charge in [0.25, 0.3) is 17.2 Å². The van der Waals surface area contributed by atoms with Crippen molar-refractivity contribution in [2.24, 2.45) is 0 Å². The second-order valence-electron chi connectivity index (χ2n) is 7.95. The Morgan fingerprint density at radius 3 is 2.42 bits per heavy atom. The summed E-state index contributed by atoms with van der Waals surface area (Å²) in [6.45, 7) is 3.78. The number of anilines is 2. The maximum absolute atomic E-state index is 13.0. The fourth-order valence-corrected chi connectivity index (χ4v) is 4.02. The van der Waals surface area contributed by atoms with Crippen molar-refractivity contribution in [3.8, 4) is 0 Å². The molecular formula is C23H31N5O7S. The number of hydrogen-bond donors (Lipinski definition) is 2. The van der Waals surface area contributed by atoms with Crippen molar-refractivity contribution in [2.45, 2.75) is 57.4 Å². The predicted octanol–water partition coefficient (Wildman–Crippen LogP) is 2.69. The molecule has 196 valence electrons. The van der Waals surface area contributed by atoms with Crippen molar-refractivity contribution < 1.29 is 19.2 Å². The number of esters is 1. The van der Waals surface area contributed by atoms with Crippen molar-refractivity contribution in [3.05, 3.63) is 55.2 Å². The van der Waals surface area contributed by atoms with Gasteiger partial charge in [-0.2, -0.15) is 0 Å². The maximum atomic E-state index is 13.0. The number of carbonyl (C=O) groups is 2. The number of carbonyl (C=O) groups excluding carboxylic acids is 2. The van der Waals surface area contributed by atoms with E-state index >= 15 is 0 Å². The first-order valence-electron chi connectivity index (χ1n) is 11.6. The van der Waals surface area contributed by atoms with E-state index in [1.165, 1.54) is 33.7 Å². The molecule has 0 spiro atoms. The first kappa shape index (κ1) is 28.6. The lowest BCUT2D eigenvalue weighted by atomic mass is 10.2. The molecule has 0 aliphatic rings. The molecule has 3 N–H and O–H groups in total. The number of non-ortho nitro benzene ring substituents is 1. The molecule has 12 nitrogen and oxygen atoms in total. The number of benzene rings is 1. The third kappa shape index (κ3) is 7.97. The molecule has 0 unspecified atom stereocenters. The minimum atomic E-state index is -0.782. The fourth-order valence-electron chi connectivity index (χ4n) is 3.33. The Kier molecular flexibility index (Phi) is 11.2. The first-order valence-corrected chi connectivity index (χ1v) is 12.6. The number of hydrogen-bond acceptors (Lipinski definition) is 9. The molecule has 0 saturated carbocycles. The van der Waals surface area contributed by atoms with Gasteiger partial charge >= 0.3 is 11.7 Å². The van der Waals surface area contributed by atoms with Gasteiger partial charge in [-0.15, -0.1) is 11.8 Å². The van der Waals surface area contributed by atoms with Crippen molar-refractivity contribution in [3.63, 3.8) is 0 Å². The molecule has 0 bridgehead atoms. The molecule has 0 radical (unpaired) electrons. The van der Waals surface area contributed by atoms with Crippen molar-refractivity contribution in [2.75, 3.05) is 29.5 Å². The highest BCUT2D eigenvalue weighted by Crippen LogP contribution is 2.22. The number of nitrogens with one attached hydrogen (secondary N) is 1. The predicted molar refractivity (Wildman–Crippen MR) is 137 cm³/mol. The summed E-state index contributed by atoms with van der Waals surface area (Å²) in [5.74, 6) is -1.54. The molecule has 2 rings (SSSR count). The van der Waals surface area contributed by atoms with Gasteiger partial charge in [0.2, 0.25) is 0 Å². The van der Waals surface area contributed by atoms with Gasteiger partial charge in [0.05, 0.1) is 10.7 Å². The summed E-state index contributed by atoms with van der Waals surface area (Å²) >= 11 is 1.10. The fraction of sp³-hybridized carbons (Fsp3) is 0.478. The number of rotatable bonds is 14. The Morgan fingerprint density at radius 2 is 1.81 bits per heavy atom. The van der Waals surface area contributed by atoms with Crippen LogP contribution in [0.15, 0.2) is 38.8 Å². The molecule has 1 aromatic heterocycles. The summed E-state index contributed by atoms with van der Waals surface area (Å²) in [6, 6.07) is 5.68. The molecule has 1 amide bonds. The normalized spacial score (nSPS) is 10.7. The third-order valence-corrected chi connectivity index (χ3v) is 6.25. The molecule has 1 aromatic carbocycles. The molecule has 0 aliphatic carbocycles. The van der Waals surface area contributed by atoms with Gasteiger partial charge < -0.3 is 15.4 Å². The standard InChI is InChI=1S/C23H31N5O7S/c1-3-5-7-13-26(20-21(24)27(12-6-4-2)23(32)25-22(20)31)18(29)14-35-19(30)15-36-17-10-8-16(9-11-17)28(33)34/h8-11H,3-7,12-15,24H2,1-2H3,(H,25,31,32). The van der Waals surface area contributed by atoms with E-state index in [0.29, 0.717) is 17.7 Å². The van der Waals surface area contributed by atoms with Gasteiger partial charge in [-0.25, -0.2) is 4.79 Å². The highest BCUT2D eigenvalue weighted by Gasteiger charge is 2.25. The van der Waals surface area contributed by atoms with Crippen LogP contribution in [0, 0.1) is 10.1 Å². The Balaban J connectivity index is 2.12. The van der Waals surface area contributed by atoms with E-state index in [1.807, 2.05) is 13.8 Å². The lowest BCUT2D eigenvalue weighted by molar-refractivity contribution is -0.384. The summed E-state index contributed by atoms with van der Waals surface area (Å²) < 4.78 is 6.34. The van der Waals surface area contributed by atoms with Gasteiger partial charge in [-0.05, 0) is 25.0 Å². The zero-order valence-corrected chi connectivity index (χ0v) is 21.2. The number of nitrogen functional groups attached to an aromatic ring is 1. The summed E-state index contributed by atoms with van der Waals surface area (Å²) in [5, 5.41) is 10.7. The Morgan fingerprint density at radius 1 is 1.14 bits per heavy atom. The zero-order valence-electron chi connectivity index (χ0n) is 20.4. The molecule has 0 atom stereocenters. The van der Waals surface area contributed by atoms with Crippen molar-refractivity contribution in [1.82, 2.24) is 9.55 Å². The van der Waals surface area contributed by atoms with Crippen molar-refractivity contribution in [1.29, 1.82) is 0 Å². The number of amides is 1. The lowest BCUT2D eigenvalue weighted by Gasteiger charge is -2.24. The van der Waals surface area contributed by atoms with E-state index in [0.717, 1.165) is 31.0 Å². The van der Waals surface area contributed by atoms with Crippen LogP contribution in [0.1, 0.15) is 46.0 Å².